The number of ether oxygens (including phenoxy) is 1. The Hall–Kier alpha value is -2.97. The number of furan rings is 1. The lowest BCUT2D eigenvalue weighted by molar-refractivity contribution is 0.0962. The summed E-state index contributed by atoms with van der Waals surface area (Å²) in [6.45, 7) is 4.56. The Kier molecular flexibility index (Phi) is 5.68. The molecule has 5 nitrogen and oxygen atoms in total. The molecule has 0 saturated heterocycles. The second kappa shape index (κ2) is 8.15. The lowest BCUT2D eigenvalue weighted by Crippen LogP contribution is -2.32. The maximum absolute atomic E-state index is 13.2. The summed E-state index contributed by atoms with van der Waals surface area (Å²) in [5, 5.41) is 10.2. The van der Waals surface area contributed by atoms with Gasteiger partial charge in [-0.3, -0.25) is 4.79 Å². The Balaban J connectivity index is 2.00. The van der Waals surface area contributed by atoms with E-state index < -0.39 is 0 Å². The van der Waals surface area contributed by atoms with Gasteiger partial charge in [0.15, 0.2) is 11.3 Å². The van der Waals surface area contributed by atoms with Gasteiger partial charge in [-0.25, -0.2) is 0 Å². The maximum Gasteiger partial charge on any atom is 0.294 e. The number of halogens is 1. The van der Waals surface area contributed by atoms with Gasteiger partial charge in [0.1, 0.15) is 5.75 Å². The van der Waals surface area contributed by atoms with E-state index in [1.54, 1.807) is 30.3 Å². The minimum absolute atomic E-state index is 0.207. The molecule has 1 aromatic heterocycles. The lowest BCUT2D eigenvalue weighted by atomic mass is 10.1. The van der Waals surface area contributed by atoms with Gasteiger partial charge in [0.25, 0.3) is 5.91 Å². The fourth-order valence-corrected chi connectivity index (χ4v) is 3.15. The van der Waals surface area contributed by atoms with Crippen molar-refractivity contribution >= 4 is 34.2 Å². The molecule has 0 N–H and O–H groups in total. The number of anilines is 1. The highest BCUT2D eigenvalue weighted by Gasteiger charge is 2.25. The Labute approximate surface area is 162 Å². The minimum atomic E-state index is -0.306. The van der Waals surface area contributed by atoms with Crippen molar-refractivity contribution in [3.63, 3.8) is 0 Å². The summed E-state index contributed by atoms with van der Waals surface area (Å²) >= 11 is 6.20. The number of benzene rings is 2. The second-order valence-corrected chi connectivity index (χ2v) is 6.37. The number of nitriles is 1. The van der Waals surface area contributed by atoms with Crippen LogP contribution in [0.25, 0.3) is 11.0 Å². The molecule has 138 valence electrons. The van der Waals surface area contributed by atoms with Crippen molar-refractivity contribution in [3.8, 4) is 11.8 Å². The monoisotopic (exact) mass is 382 g/mol. The first-order chi connectivity index (χ1) is 13.1. The number of carbonyl (C=O) groups is 1. The predicted octanol–water partition coefficient (Wildman–Crippen LogP) is 5.35. The Morgan fingerprint density at radius 2 is 2.00 bits per heavy atom. The Morgan fingerprint density at radius 1 is 1.26 bits per heavy atom. The lowest BCUT2D eigenvalue weighted by Gasteiger charge is -2.21. The van der Waals surface area contributed by atoms with E-state index in [4.69, 9.17) is 26.0 Å². The molecule has 0 aliphatic carbocycles. The third-order valence-corrected chi connectivity index (χ3v) is 4.56. The summed E-state index contributed by atoms with van der Waals surface area (Å²) in [4.78, 5) is 14.8. The van der Waals surface area contributed by atoms with Gasteiger partial charge >= 0.3 is 0 Å². The van der Waals surface area contributed by atoms with Gasteiger partial charge in [0.05, 0.1) is 24.1 Å². The molecular formula is C21H19ClN2O3. The number of nitrogens with zero attached hydrogens (tertiary/aromatic N) is 2. The van der Waals surface area contributed by atoms with Crippen LogP contribution in [-0.2, 0) is 0 Å². The third-order valence-electron chi connectivity index (χ3n) is 4.26. The van der Waals surface area contributed by atoms with Crippen molar-refractivity contribution in [1.82, 2.24) is 0 Å². The zero-order chi connectivity index (χ0) is 19.4. The van der Waals surface area contributed by atoms with E-state index in [2.05, 4.69) is 6.07 Å². The van der Waals surface area contributed by atoms with Crippen molar-refractivity contribution < 1.29 is 13.9 Å². The molecule has 3 aromatic rings. The van der Waals surface area contributed by atoms with Crippen molar-refractivity contribution in [2.45, 2.75) is 20.3 Å². The number of amides is 1. The van der Waals surface area contributed by atoms with Crippen molar-refractivity contribution in [2.75, 3.05) is 18.1 Å². The third kappa shape index (κ3) is 3.76. The normalized spacial score (nSPS) is 10.6. The largest absolute Gasteiger partial charge is 0.494 e. The number of rotatable bonds is 6. The van der Waals surface area contributed by atoms with Crippen LogP contribution in [-0.4, -0.2) is 19.1 Å². The molecule has 6 heteroatoms. The zero-order valence-electron chi connectivity index (χ0n) is 15.2. The van der Waals surface area contributed by atoms with Crippen LogP contribution in [0.4, 0.5) is 5.69 Å². The smallest absolute Gasteiger partial charge is 0.294 e. The van der Waals surface area contributed by atoms with Gasteiger partial charge in [0, 0.05) is 23.2 Å². The number of fused-ring (bicyclic) bond motifs is 1. The van der Waals surface area contributed by atoms with Crippen LogP contribution in [0.1, 0.15) is 29.5 Å². The van der Waals surface area contributed by atoms with E-state index in [1.165, 1.54) is 4.90 Å². The van der Waals surface area contributed by atoms with Crippen molar-refractivity contribution in [3.05, 3.63) is 58.8 Å². The van der Waals surface area contributed by atoms with Crippen LogP contribution in [0.5, 0.6) is 5.75 Å². The molecule has 0 radical (unpaired) electrons. The fraction of sp³-hybridized carbons (Fsp3) is 0.238. The summed E-state index contributed by atoms with van der Waals surface area (Å²) < 4.78 is 11.3. The van der Waals surface area contributed by atoms with Crippen LogP contribution in [0.3, 0.4) is 0 Å². The number of carbonyl (C=O) groups excluding carboxylic acids is 1. The van der Waals surface area contributed by atoms with E-state index in [9.17, 15) is 4.79 Å². The number of hydrogen-bond donors (Lipinski definition) is 0. The summed E-state index contributed by atoms with van der Waals surface area (Å²) in [6.07, 6.45) is 0.207. The highest BCUT2D eigenvalue weighted by atomic mass is 35.5. The number of hydrogen-bond acceptors (Lipinski definition) is 4. The average Bonchev–Trinajstić information content (AvgIpc) is 3.02. The summed E-state index contributed by atoms with van der Waals surface area (Å²) in [6, 6.07) is 14.7. The predicted molar refractivity (Wildman–Crippen MR) is 105 cm³/mol. The average molecular weight is 383 g/mol. The summed E-state index contributed by atoms with van der Waals surface area (Å²) in [7, 11) is 0. The molecule has 27 heavy (non-hydrogen) atoms. The molecule has 0 bridgehead atoms. The molecule has 0 spiro atoms. The quantitative estimate of drug-likeness (QED) is 0.576. The molecule has 0 fully saturated rings. The van der Waals surface area contributed by atoms with Crippen LogP contribution in [0.2, 0.25) is 5.02 Å². The van der Waals surface area contributed by atoms with Crippen LogP contribution in [0, 0.1) is 18.3 Å². The van der Waals surface area contributed by atoms with Gasteiger partial charge in [-0.05, 0) is 44.2 Å². The van der Waals surface area contributed by atoms with E-state index >= 15 is 0 Å². The first kappa shape index (κ1) is 18.8. The fourth-order valence-electron chi connectivity index (χ4n) is 2.93. The van der Waals surface area contributed by atoms with Crippen molar-refractivity contribution in [1.29, 1.82) is 5.26 Å². The zero-order valence-corrected chi connectivity index (χ0v) is 15.9. The summed E-state index contributed by atoms with van der Waals surface area (Å²) in [5.74, 6) is 0.643. The molecule has 0 aliphatic rings. The molecule has 0 unspecified atom stereocenters. The van der Waals surface area contributed by atoms with Crippen LogP contribution >= 0.6 is 11.6 Å². The van der Waals surface area contributed by atoms with Gasteiger partial charge in [-0.2, -0.15) is 5.26 Å². The van der Waals surface area contributed by atoms with Gasteiger partial charge < -0.3 is 14.1 Å². The summed E-state index contributed by atoms with van der Waals surface area (Å²) in [5.41, 5.74) is 1.89. The molecular weight excluding hydrogens is 364 g/mol. The second-order valence-electron chi connectivity index (χ2n) is 5.96. The molecule has 0 aliphatic heterocycles. The van der Waals surface area contributed by atoms with Gasteiger partial charge in [-0.15, -0.1) is 0 Å². The van der Waals surface area contributed by atoms with E-state index in [-0.39, 0.29) is 24.6 Å². The molecule has 2 aromatic carbocycles. The maximum atomic E-state index is 13.2. The number of aryl methyl sites for hydroxylation is 1. The van der Waals surface area contributed by atoms with Gasteiger partial charge in [-0.1, -0.05) is 23.7 Å². The standard InChI is InChI=1S/C21H19ClN2O3/c1-3-26-16-10-8-15(9-11-16)24(13-5-12-23)21(25)19-14(2)17-6-4-7-18(22)20(17)27-19/h4,6-11H,3,5,13H2,1-2H3. The first-order valence-electron chi connectivity index (χ1n) is 8.66. The number of para-hydroxylation sites is 1. The first-order valence-corrected chi connectivity index (χ1v) is 9.04. The Bertz CT molecular complexity index is 1000. The van der Waals surface area contributed by atoms with Crippen LogP contribution in [0.15, 0.2) is 46.9 Å². The minimum Gasteiger partial charge on any atom is -0.494 e. The highest BCUT2D eigenvalue weighted by molar-refractivity contribution is 6.35. The topological polar surface area (TPSA) is 66.5 Å². The molecule has 0 saturated carbocycles. The molecule has 3 rings (SSSR count). The van der Waals surface area contributed by atoms with E-state index in [0.717, 1.165) is 16.7 Å². The van der Waals surface area contributed by atoms with Crippen LogP contribution < -0.4 is 9.64 Å². The van der Waals surface area contributed by atoms with E-state index in [0.29, 0.717) is 22.9 Å². The Morgan fingerprint density at radius 3 is 2.63 bits per heavy atom. The highest BCUT2D eigenvalue weighted by Crippen LogP contribution is 2.32. The SMILES string of the molecule is CCOc1ccc(N(CCC#N)C(=O)c2oc3c(Cl)cccc3c2C)cc1. The molecule has 1 heterocycles. The van der Waals surface area contributed by atoms with E-state index in [1.807, 2.05) is 26.0 Å². The van der Waals surface area contributed by atoms with Gasteiger partial charge in [0.2, 0.25) is 0 Å². The molecule has 1 amide bonds. The van der Waals surface area contributed by atoms with Crippen molar-refractivity contribution in [2.24, 2.45) is 0 Å². The molecule has 0 atom stereocenters.